The van der Waals surface area contributed by atoms with E-state index < -0.39 is 0 Å². The maximum atomic E-state index is 9.43. The Hall–Kier alpha value is -2.35. The average molecular weight is 385 g/mol. The highest BCUT2D eigenvalue weighted by atomic mass is 79.9. The number of aromatic nitrogens is 1. The molecule has 1 aromatic heterocycles. The van der Waals surface area contributed by atoms with Crippen molar-refractivity contribution in [2.75, 3.05) is 5.73 Å². The molecule has 0 unspecified atom stereocenters. The first-order valence-electron chi connectivity index (χ1n) is 6.81. The Morgan fingerprint density at radius 2 is 1.74 bits per heavy atom. The van der Waals surface area contributed by atoms with Gasteiger partial charge in [-0.3, -0.25) is 0 Å². The molecule has 112 valence electrons. The van der Waals surface area contributed by atoms with Crippen molar-refractivity contribution in [1.29, 1.82) is 5.26 Å². The van der Waals surface area contributed by atoms with E-state index in [1.165, 1.54) is 0 Å². The van der Waals surface area contributed by atoms with E-state index in [1.807, 2.05) is 42.5 Å². The number of benzene rings is 2. The maximum absolute atomic E-state index is 9.43. The van der Waals surface area contributed by atoms with Crippen LogP contribution < -0.4 is 5.73 Å². The van der Waals surface area contributed by atoms with Crippen molar-refractivity contribution in [3.8, 4) is 28.5 Å². The number of nitrogens with two attached hydrogens (primary N) is 1. The zero-order chi connectivity index (χ0) is 16.4. The van der Waals surface area contributed by atoms with Crippen LogP contribution in [0.25, 0.3) is 22.4 Å². The summed E-state index contributed by atoms with van der Waals surface area (Å²) >= 11 is 9.46. The lowest BCUT2D eigenvalue weighted by atomic mass is 9.98. The van der Waals surface area contributed by atoms with Crippen LogP contribution in [0.5, 0.6) is 0 Å². The molecule has 3 nitrogen and oxygen atoms in total. The van der Waals surface area contributed by atoms with Crippen LogP contribution in [0.2, 0.25) is 5.02 Å². The second-order valence-corrected chi connectivity index (χ2v) is 6.20. The van der Waals surface area contributed by atoms with Gasteiger partial charge in [0.25, 0.3) is 0 Å². The summed E-state index contributed by atoms with van der Waals surface area (Å²) in [6, 6.07) is 19.1. The van der Waals surface area contributed by atoms with Gasteiger partial charge in [-0.1, -0.05) is 57.9 Å². The van der Waals surface area contributed by atoms with Gasteiger partial charge in [0.1, 0.15) is 17.5 Å². The van der Waals surface area contributed by atoms with Gasteiger partial charge >= 0.3 is 0 Å². The molecule has 0 fully saturated rings. The predicted octanol–water partition coefficient (Wildman–Crippen LogP) is 5.29. The fourth-order valence-electron chi connectivity index (χ4n) is 2.35. The van der Waals surface area contributed by atoms with E-state index in [-0.39, 0.29) is 5.82 Å². The number of hydrogen-bond acceptors (Lipinski definition) is 3. The van der Waals surface area contributed by atoms with E-state index >= 15 is 0 Å². The van der Waals surface area contributed by atoms with Crippen LogP contribution in [0.4, 0.5) is 5.82 Å². The average Bonchev–Trinajstić information content (AvgIpc) is 2.55. The lowest BCUT2D eigenvalue weighted by Crippen LogP contribution is -2.00. The van der Waals surface area contributed by atoms with Crippen LogP contribution >= 0.6 is 27.5 Å². The van der Waals surface area contributed by atoms with Crippen molar-refractivity contribution < 1.29 is 0 Å². The van der Waals surface area contributed by atoms with Gasteiger partial charge < -0.3 is 5.73 Å². The minimum Gasteiger partial charge on any atom is -0.383 e. The van der Waals surface area contributed by atoms with Crippen LogP contribution in [-0.4, -0.2) is 4.98 Å². The quantitative estimate of drug-likeness (QED) is 0.653. The molecule has 0 saturated heterocycles. The molecule has 2 aromatic carbocycles. The Bertz CT molecular complexity index is 915. The molecule has 0 bridgehead atoms. The van der Waals surface area contributed by atoms with Gasteiger partial charge in [0.2, 0.25) is 0 Å². The first-order valence-corrected chi connectivity index (χ1v) is 7.98. The SMILES string of the molecule is N#Cc1c(-c2ccc(Cl)cc2)cc(-c2ccccc2Br)nc1N. The monoisotopic (exact) mass is 383 g/mol. The summed E-state index contributed by atoms with van der Waals surface area (Å²) in [7, 11) is 0. The van der Waals surface area contributed by atoms with Crippen LogP contribution in [0, 0.1) is 11.3 Å². The third-order valence-electron chi connectivity index (χ3n) is 3.46. The lowest BCUT2D eigenvalue weighted by molar-refractivity contribution is 1.30. The lowest BCUT2D eigenvalue weighted by Gasteiger charge is -2.11. The molecule has 0 radical (unpaired) electrons. The highest BCUT2D eigenvalue weighted by Gasteiger charge is 2.14. The van der Waals surface area contributed by atoms with Crippen LogP contribution in [0.1, 0.15) is 5.56 Å². The Morgan fingerprint density at radius 3 is 2.39 bits per heavy atom. The van der Waals surface area contributed by atoms with E-state index in [9.17, 15) is 5.26 Å². The molecule has 0 amide bonds. The standard InChI is InChI=1S/C18H11BrClN3/c19-16-4-2-1-3-13(16)17-9-14(15(10-21)18(22)23-17)11-5-7-12(20)8-6-11/h1-9H,(H2,22,23). The first kappa shape index (κ1) is 15.5. The molecule has 0 aliphatic rings. The number of anilines is 1. The fraction of sp³-hybridized carbons (Fsp3) is 0. The van der Waals surface area contributed by atoms with E-state index in [0.29, 0.717) is 16.3 Å². The molecule has 0 spiro atoms. The van der Waals surface area contributed by atoms with E-state index in [0.717, 1.165) is 21.2 Å². The largest absolute Gasteiger partial charge is 0.383 e. The van der Waals surface area contributed by atoms with Gasteiger partial charge in [-0.25, -0.2) is 4.98 Å². The molecular weight excluding hydrogens is 374 g/mol. The zero-order valence-electron chi connectivity index (χ0n) is 11.9. The highest BCUT2D eigenvalue weighted by Crippen LogP contribution is 2.34. The molecule has 3 rings (SSSR count). The Balaban J connectivity index is 2.25. The summed E-state index contributed by atoms with van der Waals surface area (Å²) in [5, 5.41) is 10.1. The molecule has 0 atom stereocenters. The van der Waals surface area contributed by atoms with E-state index in [2.05, 4.69) is 27.0 Å². The number of hydrogen-bond donors (Lipinski definition) is 1. The van der Waals surface area contributed by atoms with Crippen LogP contribution in [-0.2, 0) is 0 Å². The molecule has 0 aliphatic carbocycles. The molecule has 0 saturated carbocycles. The molecular formula is C18H11BrClN3. The summed E-state index contributed by atoms with van der Waals surface area (Å²) in [5.41, 5.74) is 9.61. The minimum atomic E-state index is 0.214. The first-order chi connectivity index (χ1) is 11.1. The number of nitrogen functional groups attached to an aromatic ring is 1. The van der Waals surface area contributed by atoms with Crippen molar-refractivity contribution >= 4 is 33.3 Å². The second-order valence-electron chi connectivity index (χ2n) is 4.91. The predicted molar refractivity (Wildman–Crippen MR) is 96.9 cm³/mol. The number of rotatable bonds is 2. The van der Waals surface area contributed by atoms with Gasteiger partial charge in [-0.15, -0.1) is 0 Å². The number of nitrogens with zero attached hydrogens (tertiary/aromatic N) is 2. The highest BCUT2D eigenvalue weighted by molar-refractivity contribution is 9.10. The molecule has 5 heteroatoms. The summed E-state index contributed by atoms with van der Waals surface area (Å²) < 4.78 is 0.915. The number of pyridine rings is 1. The van der Waals surface area contributed by atoms with Crippen molar-refractivity contribution in [3.63, 3.8) is 0 Å². The molecule has 2 N–H and O–H groups in total. The van der Waals surface area contributed by atoms with Gasteiger partial charge in [0.05, 0.1) is 5.69 Å². The normalized spacial score (nSPS) is 10.3. The smallest absolute Gasteiger partial charge is 0.142 e. The summed E-state index contributed by atoms with van der Waals surface area (Å²) in [5.74, 6) is 0.214. The Morgan fingerprint density at radius 1 is 1.04 bits per heavy atom. The Labute approximate surface area is 147 Å². The van der Waals surface area contributed by atoms with Gasteiger partial charge in [0.15, 0.2) is 0 Å². The van der Waals surface area contributed by atoms with Crippen molar-refractivity contribution in [2.24, 2.45) is 0 Å². The summed E-state index contributed by atoms with van der Waals surface area (Å²) in [6.07, 6.45) is 0. The summed E-state index contributed by atoms with van der Waals surface area (Å²) in [6.45, 7) is 0. The van der Waals surface area contributed by atoms with Gasteiger partial charge in [-0.2, -0.15) is 5.26 Å². The van der Waals surface area contributed by atoms with Crippen LogP contribution in [0.15, 0.2) is 59.1 Å². The second kappa shape index (κ2) is 6.41. The Kier molecular flexibility index (Phi) is 4.33. The van der Waals surface area contributed by atoms with E-state index in [1.54, 1.807) is 12.1 Å². The van der Waals surface area contributed by atoms with Gasteiger partial charge in [0, 0.05) is 20.6 Å². The molecule has 3 aromatic rings. The third kappa shape index (κ3) is 3.07. The molecule has 23 heavy (non-hydrogen) atoms. The molecule has 1 heterocycles. The van der Waals surface area contributed by atoms with Crippen molar-refractivity contribution in [3.05, 3.63) is 69.7 Å². The van der Waals surface area contributed by atoms with E-state index in [4.69, 9.17) is 17.3 Å². The minimum absolute atomic E-state index is 0.214. The van der Waals surface area contributed by atoms with Gasteiger partial charge in [-0.05, 0) is 29.8 Å². The topological polar surface area (TPSA) is 62.7 Å². The summed E-state index contributed by atoms with van der Waals surface area (Å²) in [4.78, 5) is 4.38. The zero-order valence-corrected chi connectivity index (χ0v) is 14.3. The number of nitriles is 1. The number of halogens is 2. The third-order valence-corrected chi connectivity index (χ3v) is 4.41. The van der Waals surface area contributed by atoms with Crippen LogP contribution in [0.3, 0.4) is 0 Å². The van der Waals surface area contributed by atoms with Crippen molar-refractivity contribution in [1.82, 2.24) is 4.98 Å². The van der Waals surface area contributed by atoms with Crippen molar-refractivity contribution in [2.45, 2.75) is 0 Å². The maximum Gasteiger partial charge on any atom is 0.142 e. The molecule has 0 aliphatic heterocycles. The fourth-order valence-corrected chi connectivity index (χ4v) is 2.96.